The van der Waals surface area contributed by atoms with Gasteiger partial charge in [-0.2, -0.15) is 0 Å². The molecule has 0 saturated carbocycles. The van der Waals surface area contributed by atoms with Crippen molar-refractivity contribution >= 4 is 29.2 Å². The maximum Gasteiger partial charge on any atom is 0.338 e. The predicted molar refractivity (Wildman–Crippen MR) is 96.5 cm³/mol. The zero-order valence-corrected chi connectivity index (χ0v) is 15.1. The zero-order chi connectivity index (χ0) is 17.6. The molecule has 132 valence electrons. The Morgan fingerprint density at radius 2 is 2.08 bits per heavy atom. The Bertz CT molecular complexity index is 742. The van der Waals surface area contributed by atoms with E-state index in [0.29, 0.717) is 21.4 Å². The van der Waals surface area contributed by atoms with Crippen LogP contribution in [-0.2, 0) is 16.1 Å². The fraction of sp³-hybridized carbons (Fsp3) is 0.316. The molecule has 0 spiro atoms. The van der Waals surface area contributed by atoms with Crippen molar-refractivity contribution in [2.45, 2.75) is 25.6 Å². The molecule has 0 aliphatic carbocycles. The van der Waals surface area contributed by atoms with E-state index in [9.17, 15) is 4.79 Å². The summed E-state index contributed by atoms with van der Waals surface area (Å²) in [5.41, 5.74) is 1.32. The molecule has 1 aliphatic rings. The first-order valence-electron chi connectivity index (χ1n) is 8.07. The van der Waals surface area contributed by atoms with Crippen LogP contribution < -0.4 is 4.74 Å². The summed E-state index contributed by atoms with van der Waals surface area (Å²) in [4.78, 5) is 12.2. The number of rotatable bonds is 6. The minimum Gasteiger partial charge on any atom is -0.487 e. The monoisotopic (exact) mass is 380 g/mol. The Morgan fingerprint density at radius 1 is 1.20 bits per heavy atom. The molecule has 0 bridgehead atoms. The van der Waals surface area contributed by atoms with Gasteiger partial charge in [-0.05, 0) is 42.7 Å². The molecule has 6 heteroatoms. The molecule has 2 aromatic carbocycles. The van der Waals surface area contributed by atoms with Gasteiger partial charge in [0.2, 0.25) is 0 Å². The first-order valence-corrected chi connectivity index (χ1v) is 8.83. The van der Waals surface area contributed by atoms with Crippen molar-refractivity contribution in [1.29, 1.82) is 0 Å². The van der Waals surface area contributed by atoms with Crippen molar-refractivity contribution < 1.29 is 19.0 Å². The van der Waals surface area contributed by atoms with Gasteiger partial charge in [-0.1, -0.05) is 35.3 Å². The summed E-state index contributed by atoms with van der Waals surface area (Å²) in [6.45, 7) is 1.30. The number of benzene rings is 2. The molecule has 1 fully saturated rings. The fourth-order valence-electron chi connectivity index (χ4n) is 2.56. The highest BCUT2D eigenvalue weighted by molar-refractivity contribution is 6.34. The van der Waals surface area contributed by atoms with Crippen molar-refractivity contribution in [3.8, 4) is 5.75 Å². The molecule has 1 heterocycles. The van der Waals surface area contributed by atoms with Crippen LogP contribution in [0.4, 0.5) is 0 Å². The van der Waals surface area contributed by atoms with E-state index in [1.165, 1.54) is 0 Å². The molecule has 1 atom stereocenters. The van der Waals surface area contributed by atoms with Gasteiger partial charge in [-0.15, -0.1) is 0 Å². The zero-order valence-electron chi connectivity index (χ0n) is 13.5. The SMILES string of the molecule is O=C(OCC1CCCO1)c1cccc(COc2cc(Cl)ccc2Cl)c1. The van der Waals surface area contributed by atoms with Crippen LogP contribution in [0, 0.1) is 0 Å². The third-order valence-corrected chi connectivity index (χ3v) is 4.42. The third kappa shape index (κ3) is 5.11. The molecule has 4 nitrogen and oxygen atoms in total. The number of carbonyl (C=O) groups excluding carboxylic acids is 1. The lowest BCUT2D eigenvalue weighted by atomic mass is 10.1. The van der Waals surface area contributed by atoms with Gasteiger partial charge in [0.25, 0.3) is 0 Å². The number of halogens is 2. The molecule has 0 aromatic heterocycles. The third-order valence-electron chi connectivity index (χ3n) is 3.87. The van der Waals surface area contributed by atoms with Crippen molar-refractivity contribution in [1.82, 2.24) is 0 Å². The lowest BCUT2D eigenvalue weighted by Crippen LogP contribution is -2.18. The second-order valence-electron chi connectivity index (χ2n) is 5.80. The molecule has 25 heavy (non-hydrogen) atoms. The minimum absolute atomic E-state index is 0.0143. The highest BCUT2D eigenvalue weighted by atomic mass is 35.5. The molecule has 2 aromatic rings. The van der Waals surface area contributed by atoms with E-state index in [4.69, 9.17) is 37.4 Å². The van der Waals surface area contributed by atoms with E-state index in [1.807, 2.05) is 6.07 Å². The summed E-state index contributed by atoms with van der Waals surface area (Å²) in [6, 6.07) is 12.2. The standard InChI is InChI=1S/C19H18Cl2O4/c20-15-6-7-17(21)18(10-15)24-11-13-3-1-4-14(9-13)19(22)25-12-16-5-2-8-23-16/h1,3-4,6-7,9-10,16H,2,5,8,11-12H2. The summed E-state index contributed by atoms with van der Waals surface area (Å²) < 4.78 is 16.5. The van der Waals surface area contributed by atoms with Gasteiger partial charge in [0, 0.05) is 17.7 Å². The lowest BCUT2D eigenvalue weighted by molar-refractivity contribution is 0.0161. The van der Waals surface area contributed by atoms with Crippen LogP contribution in [0.2, 0.25) is 10.0 Å². The van der Waals surface area contributed by atoms with Crippen molar-refractivity contribution in [3.63, 3.8) is 0 Å². The molecule has 1 saturated heterocycles. The molecule has 1 aliphatic heterocycles. The average molecular weight is 381 g/mol. The Morgan fingerprint density at radius 3 is 2.88 bits per heavy atom. The minimum atomic E-state index is -0.363. The molecule has 1 unspecified atom stereocenters. The highest BCUT2D eigenvalue weighted by Gasteiger charge is 2.18. The Hall–Kier alpha value is -1.75. The topological polar surface area (TPSA) is 44.8 Å². The van der Waals surface area contributed by atoms with E-state index in [2.05, 4.69) is 0 Å². The molecule has 0 N–H and O–H groups in total. The number of esters is 1. The number of ether oxygens (including phenoxy) is 3. The number of hydrogen-bond acceptors (Lipinski definition) is 4. The van der Waals surface area contributed by atoms with Crippen molar-refractivity contribution in [3.05, 3.63) is 63.6 Å². The van der Waals surface area contributed by atoms with E-state index in [1.54, 1.807) is 36.4 Å². The van der Waals surface area contributed by atoms with Crippen LogP contribution in [0.3, 0.4) is 0 Å². The lowest BCUT2D eigenvalue weighted by Gasteiger charge is -2.11. The van der Waals surface area contributed by atoms with Gasteiger partial charge < -0.3 is 14.2 Å². The quantitative estimate of drug-likeness (QED) is 0.667. The number of carbonyl (C=O) groups is 1. The van der Waals surface area contributed by atoms with Crippen LogP contribution in [0.5, 0.6) is 5.75 Å². The van der Waals surface area contributed by atoms with Gasteiger partial charge in [0.05, 0.1) is 16.7 Å². The Balaban J connectivity index is 1.58. The van der Waals surface area contributed by atoms with Crippen molar-refractivity contribution in [2.75, 3.05) is 13.2 Å². The normalized spacial score (nSPS) is 16.6. The van der Waals surface area contributed by atoms with Gasteiger partial charge in [0.1, 0.15) is 19.0 Å². The Kier molecular flexibility index (Phi) is 6.19. The van der Waals surface area contributed by atoms with Crippen LogP contribution in [-0.4, -0.2) is 25.3 Å². The molecular formula is C19H18Cl2O4. The summed E-state index contributed by atoms with van der Waals surface area (Å²) in [5.74, 6) is 0.138. The van der Waals surface area contributed by atoms with E-state index in [-0.39, 0.29) is 25.3 Å². The van der Waals surface area contributed by atoms with Crippen LogP contribution in [0.1, 0.15) is 28.8 Å². The first-order chi connectivity index (χ1) is 12.1. The molecule has 0 amide bonds. The molecular weight excluding hydrogens is 363 g/mol. The second-order valence-corrected chi connectivity index (χ2v) is 6.64. The van der Waals surface area contributed by atoms with E-state index < -0.39 is 0 Å². The summed E-state index contributed by atoms with van der Waals surface area (Å²) >= 11 is 12.0. The summed E-state index contributed by atoms with van der Waals surface area (Å²) in [6.07, 6.45) is 1.96. The maximum atomic E-state index is 12.2. The highest BCUT2D eigenvalue weighted by Crippen LogP contribution is 2.28. The van der Waals surface area contributed by atoms with E-state index >= 15 is 0 Å². The van der Waals surface area contributed by atoms with Crippen LogP contribution >= 0.6 is 23.2 Å². The van der Waals surface area contributed by atoms with Crippen LogP contribution in [0.25, 0.3) is 0 Å². The fourth-order valence-corrected chi connectivity index (χ4v) is 2.90. The maximum absolute atomic E-state index is 12.2. The van der Waals surface area contributed by atoms with Crippen molar-refractivity contribution in [2.24, 2.45) is 0 Å². The largest absolute Gasteiger partial charge is 0.487 e. The second kappa shape index (κ2) is 8.56. The molecule has 3 rings (SSSR count). The summed E-state index contributed by atoms with van der Waals surface area (Å²) in [7, 11) is 0. The summed E-state index contributed by atoms with van der Waals surface area (Å²) in [5, 5.41) is 1.03. The van der Waals surface area contributed by atoms with Crippen LogP contribution in [0.15, 0.2) is 42.5 Å². The molecule has 0 radical (unpaired) electrons. The van der Waals surface area contributed by atoms with Gasteiger partial charge in [-0.25, -0.2) is 4.79 Å². The van der Waals surface area contributed by atoms with Gasteiger partial charge in [-0.3, -0.25) is 0 Å². The smallest absolute Gasteiger partial charge is 0.338 e. The van der Waals surface area contributed by atoms with Gasteiger partial charge in [0.15, 0.2) is 0 Å². The first kappa shape index (κ1) is 18.1. The predicted octanol–water partition coefficient (Wildman–Crippen LogP) is 4.91. The van der Waals surface area contributed by atoms with Gasteiger partial charge >= 0.3 is 5.97 Å². The average Bonchev–Trinajstić information content (AvgIpc) is 3.14. The Labute approximate surface area is 156 Å². The van der Waals surface area contributed by atoms with E-state index in [0.717, 1.165) is 25.0 Å². The number of hydrogen-bond donors (Lipinski definition) is 0.